The minimum Gasteiger partial charge on any atom is -0.487 e. The Balaban J connectivity index is 1.08. The molecule has 1 saturated carbocycles. The molecule has 3 heterocycles. The number of nitrogens with one attached hydrogen (secondary N) is 1. The molecular weight excluding hydrogens is 420 g/mol. The van der Waals surface area contributed by atoms with Gasteiger partial charge in [-0.15, -0.1) is 0 Å². The van der Waals surface area contributed by atoms with Crippen LogP contribution in [0.2, 0.25) is 0 Å². The van der Waals surface area contributed by atoms with Crippen LogP contribution in [0.4, 0.5) is 5.69 Å². The molecular formula is C25H22N4O4. The monoisotopic (exact) mass is 442 g/mol. The summed E-state index contributed by atoms with van der Waals surface area (Å²) in [6.07, 6.45) is 8.78. The molecule has 0 spiro atoms. The summed E-state index contributed by atoms with van der Waals surface area (Å²) in [4.78, 5) is 43.8. The number of imidazole rings is 1. The molecule has 3 aromatic rings. The van der Waals surface area contributed by atoms with E-state index in [1.54, 1.807) is 24.3 Å². The van der Waals surface area contributed by atoms with Gasteiger partial charge in [-0.3, -0.25) is 19.3 Å². The number of ether oxygens (including phenoxy) is 1. The number of fused-ring (bicyclic) bond motifs is 6. The van der Waals surface area contributed by atoms with E-state index in [1.165, 1.54) is 0 Å². The van der Waals surface area contributed by atoms with Gasteiger partial charge in [-0.25, -0.2) is 4.98 Å². The Morgan fingerprint density at radius 1 is 1.06 bits per heavy atom. The molecule has 2 aromatic heterocycles. The number of rotatable bonds is 6. The van der Waals surface area contributed by atoms with Crippen LogP contribution in [0.15, 0.2) is 67.0 Å². The Kier molecular flexibility index (Phi) is 4.53. The average molecular weight is 442 g/mol. The standard InChI is InChI=1S/C25H22N4O4/c30-21(13-29-24(31)22-15-7-8-16(10-15)23(22)25(29)32)27-17-4-3-5-19(11-17)33-14-18-12-28-9-2-1-6-20(28)26-18/h1-9,11-12,15-16,22-23H,10,13-14H2,(H,27,30). The first-order valence-electron chi connectivity index (χ1n) is 11.1. The van der Waals surface area contributed by atoms with E-state index in [0.717, 1.165) is 22.7 Å². The topological polar surface area (TPSA) is 93.0 Å². The van der Waals surface area contributed by atoms with Crippen molar-refractivity contribution in [3.05, 3.63) is 72.7 Å². The number of benzene rings is 1. The quantitative estimate of drug-likeness (QED) is 0.468. The number of imide groups is 1. The van der Waals surface area contributed by atoms with Crippen LogP contribution in [0, 0.1) is 23.7 Å². The van der Waals surface area contributed by atoms with Crippen molar-refractivity contribution in [3.8, 4) is 5.75 Å². The van der Waals surface area contributed by atoms with E-state index in [9.17, 15) is 14.4 Å². The molecule has 0 radical (unpaired) electrons. The SMILES string of the molecule is O=C(CN1C(=O)C2C3C=CC(C3)C2C1=O)Nc1cccc(OCc2cn3ccccc3n2)c1. The normalized spacial score (nSPS) is 25.2. The van der Waals surface area contributed by atoms with Crippen LogP contribution in [0.3, 0.4) is 0 Å². The number of allylic oxidation sites excluding steroid dienone is 2. The van der Waals surface area contributed by atoms with Crippen molar-refractivity contribution in [3.63, 3.8) is 0 Å². The molecule has 8 nitrogen and oxygen atoms in total. The molecule has 2 fully saturated rings. The van der Waals surface area contributed by atoms with E-state index >= 15 is 0 Å². The van der Waals surface area contributed by atoms with E-state index in [2.05, 4.69) is 10.3 Å². The predicted molar refractivity (Wildman–Crippen MR) is 119 cm³/mol. The maximum Gasteiger partial charge on any atom is 0.244 e. The minimum absolute atomic E-state index is 0.131. The van der Waals surface area contributed by atoms with Gasteiger partial charge in [0.15, 0.2) is 0 Å². The van der Waals surface area contributed by atoms with Gasteiger partial charge in [0.25, 0.3) is 0 Å². The second kappa shape index (κ2) is 7.58. The number of aromatic nitrogens is 2. The van der Waals surface area contributed by atoms with Crippen molar-refractivity contribution >= 4 is 29.1 Å². The number of hydrogen-bond acceptors (Lipinski definition) is 5. The highest BCUT2D eigenvalue weighted by Gasteiger charge is 2.59. The van der Waals surface area contributed by atoms with Gasteiger partial charge in [0, 0.05) is 24.1 Å². The van der Waals surface area contributed by atoms with Gasteiger partial charge in [0.1, 0.15) is 24.5 Å². The fraction of sp³-hybridized carbons (Fsp3) is 0.280. The summed E-state index contributed by atoms with van der Waals surface area (Å²) in [6, 6.07) is 12.8. The molecule has 2 aliphatic carbocycles. The summed E-state index contributed by atoms with van der Waals surface area (Å²) < 4.78 is 7.76. The van der Waals surface area contributed by atoms with Gasteiger partial charge in [0.05, 0.1) is 17.5 Å². The van der Waals surface area contributed by atoms with Crippen molar-refractivity contribution < 1.29 is 19.1 Å². The van der Waals surface area contributed by atoms with Crippen molar-refractivity contribution in [2.75, 3.05) is 11.9 Å². The number of carbonyl (C=O) groups is 3. The Morgan fingerprint density at radius 3 is 2.61 bits per heavy atom. The van der Waals surface area contributed by atoms with Crippen LogP contribution in [0.5, 0.6) is 5.75 Å². The maximum atomic E-state index is 12.8. The molecule has 4 atom stereocenters. The molecule has 166 valence electrons. The number of hydrogen-bond donors (Lipinski definition) is 1. The van der Waals surface area contributed by atoms with Gasteiger partial charge in [-0.1, -0.05) is 24.3 Å². The molecule has 3 amide bonds. The zero-order valence-electron chi connectivity index (χ0n) is 17.8. The summed E-state index contributed by atoms with van der Waals surface area (Å²) in [5, 5.41) is 2.77. The summed E-state index contributed by atoms with van der Waals surface area (Å²) in [5.74, 6) is -0.598. The van der Waals surface area contributed by atoms with Crippen LogP contribution in [-0.4, -0.2) is 38.6 Å². The number of nitrogens with zero attached hydrogens (tertiary/aromatic N) is 3. The summed E-state index contributed by atoms with van der Waals surface area (Å²) in [6.45, 7) is 0.0193. The highest BCUT2D eigenvalue weighted by Crippen LogP contribution is 2.52. The number of pyridine rings is 1. The van der Waals surface area contributed by atoms with E-state index in [0.29, 0.717) is 11.4 Å². The zero-order chi connectivity index (χ0) is 22.5. The lowest BCUT2D eigenvalue weighted by Gasteiger charge is -2.17. The molecule has 6 rings (SSSR count). The predicted octanol–water partition coefficient (Wildman–Crippen LogP) is 2.66. The minimum atomic E-state index is -0.408. The van der Waals surface area contributed by atoms with E-state index < -0.39 is 5.91 Å². The van der Waals surface area contributed by atoms with Crippen molar-refractivity contribution in [2.24, 2.45) is 23.7 Å². The molecule has 33 heavy (non-hydrogen) atoms. The highest BCUT2D eigenvalue weighted by molar-refractivity contribution is 6.09. The first kappa shape index (κ1) is 19.7. The van der Waals surface area contributed by atoms with E-state index in [1.807, 2.05) is 47.1 Å². The molecule has 1 saturated heterocycles. The van der Waals surface area contributed by atoms with E-state index in [-0.39, 0.29) is 48.6 Å². The number of carbonyl (C=O) groups excluding carboxylic acids is 3. The summed E-state index contributed by atoms with van der Waals surface area (Å²) in [5.41, 5.74) is 2.17. The third-order valence-corrected chi connectivity index (χ3v) is 6.78. The van der Waals surface area contributed by atoms with Crippen LogP contribution in [0.25, 0.3) is 5.65 Å². The van der Waals surface area contributed by atoms with Crippen LogP contribution >= 0.6 is 0 Å². The smallest absolute Gasteiger partial charge is 0.244 e. The number of amides is 3. The molecule has 1 aliphatic heterocycles. The first-order chi connectivity index (χ1) is 16.1. The van der Waals surface area contributed by atoms with Crippen LogP contribution in [0.1, 0.15) is 12.1 Å². The van der Waals surface area contributed by atoms with Gasteiger partial charge < -0.3 is 14.5 Å². The second-order valence-electron chi connectivity index (χ2n) is 8.83. The van der Waals surface area contributed by atoms with Gasteiger partial charge >= 0.3 is 0 Å². The first-order valence-corrected chi connectivity index (χ1v) is 11.1. The van der Waals surface area contributed by atoms with Crippen molar-refractivity contribution in [1.29, 1.82) is 0 Å². The van der Waals surface area contributed by atoms with E-state index in [4.69, 9.17) is 4.74 Å². The fourth-order valence-corrected chi connectivity index (χ4v) is 5.34. The van der Waals surface area contributed by atoms with Crippen molar-refractivity contribution in [1.82, 2.24) is 14.3 Å². The molecule has 8 heteroatoms. The highest BCUT2D eigenvalue weighted by atomic mass is 16.5. The number of anilines is 1. The molecule has 1 N–H and O–H groups in total. The van der Waals surface area contributed by atoms with Crippen LogP contribution in [-0.2, 0) is 21.0 Å². The Labute approximate surface area is 189 Å². The zero-order valence-corrected chi connectivity index (χ0v) is 17.8. The Morgan fingerprint density at radius 2 is 1.85 bits per heavy atom. The lowest BCUT2D eigenvalue weighted by atomic mass is 9.85. The largest absolute Gasteiger partial charge is 0.487 e. The second-order valence-corrected chi connectivity index (χ2v) is 8.83. The lowest BCUT2D eigenvalue weighted by molar-refractivity contribution is -0.143. The summed E-state index contributed by atoms with van der Waals surface area (Å²) >= 11 is 0. The summed E-state index contributed by atoms with van der Waals surface area (Å²) in [7, 11) is 0. The van der Waals surface area contributed by atoms with Gasteiger partial charge in [-0.05, 0) is 42.5 Å². The van der Waals surface area contributed by atoms with Crippen LogP contribution < -0.4 is 10.1 Å². The number of likely N-dealkylation sites (tertiary alicyclic amines) is 1. The molecule has 4 unspecified atom stereocenters. The third-order valence-electron chi connectivity index (χ3n) is 6.78. The lowest BCUT2D eigenvalue weighted by Crippen LogP contribution is -2.39. The molecule has 2 bridgehead atoms. The third kappa shape index (κ3) is 3.38. The van der Waals surface area contributed by atoms with Gasteiger partial charge in [0.2, 0.25) is 17.7 Å². The Hall–Kier alpha value is -3.94. The molecule has 3 aliphatic rings. The Bertz CT molecular complexity index is 1250. The van der Waals surface area contributed by atoms with Crippen molar-refractivity contribution in [2.45, 2.75) is 13.0 Å². The fourth-order valence-electron chi connectivity index (χ4n) is 5.34. The van der Waals surface area contributed by atoms with Gasteiger partial charge in [-0.2, -0.15) is 0 Å². The average Bonchev–Trinajstić information content (AvgIpc) is 3.58. The molecule has 1 aromatic carbocycles. The maximum absolute atomic E-state index is 12.8.